The lowest BCUT2D eigenvalue weighted by molar-refractivity contribution is 0.584. The van der Waals surface area contributed by atoms with Crippen molar-refractivity contribution in [1.82, 2.24) is 5.32 Å². The third-order valence-corrected chi connectivity index (χ3v) is 2.73. The van der Waals surface area contributed by atoms with Gasteiger partial charge in [-0.25, -0.2) is 8.78 Å². The summed E-state index contributed by atoms with van der Waals surface area (Å²) in [6.45, 7) is 3.76. The minimum atomic E-state index is -0.554. The fourth-order valence-electron chi connectivity index (χ4n) is 1.80. The van der Waals surface area contributed by atoms with E-state index in [9.17, 15) is 8.78 Å². The lowest BCUT2D eigenvalue weighted by Crippen LogP contribution is -2.11. The Hall–Kier alpha value is -1.74. The molecular formula is C15H15F2N. The summed E-state index contributed by atoms with van der Waals surface area (Å²) in [5.74, 6) is -1.11. The van der Waals surface area contributed by atoms with Crippen LogP contribution < -0.4 is 5.32 Å². The Morgan fingerprint density at radius 3 is 2.06 bits per heavy atom. The first-order valence-corrected chi connectivity index (χ1v) is 5.95. The van der Waals surface area contributed by atoms with E-state index in [1.54, 1.807) is 0 Å². The molecule has 0 saturated heterocycles. The van der Waals surface area contributed by atoms with Crippen molar-refractivity contribution in [1.29, 1.82) is 0 Å². The normalized spacial score (nSPS) is 10.6. The number of benzene rings is 2. The van der Waals surface area contributed by atoms with Crippen molar-refractivity contribution in [2.75, 3.05) is 6.54 Å². The van der Waals surface area contributed by atoms with Gasteiger partial charge in [-0.3, -0.25) is 0 Å². The Labute approximate surface area is 105 Å². The number of hydrogen-bond acceptors (Lipinski definition) is 1. The highest BCUT2D eigenvalue weighted by Gasteiger charge is 2.03. The summed E-state index contributed by atoms with van der Waals surface area (Å²) in [7, 11) is 0. The van der Waals surface area contributed by atoms with Crippen LogP contribution in [-0.4, -0.2) is 6.54 Å². The molecule has 0 aliphatic carbocycles. The molecule has 0 unspecified atom stereocenters. The van der Waals surface area contributed by atoms with E-state index in [4.69, 9.17) is 0 Å². The third-order valence-electron chi connectivity index (χ3n) is 2.73. The van der Waals surface area contributed by atoms with E-state index >= 15 is 0 Å². The predicted octanol–water partition coefficient (Wildman–Crippen LogP) is 3.74. The Morgan fingerprint density at radius 2 is 1.50 bits per heavy atom. The van der Waals surface area contributed by atoms with E-state index in [0.717, 1.165) is 30.3 Å². The second-order valence-electron chi connectivity index (χ2n) is 4.14. The van der Waals surface area contributed by atoms with Crippen LogP contribution in [0, 0.1) is 11.6 Å². The highest BCUT2D eigenvalue weighted by atomic mass is 19.1. The van der Waals surface area contributed by atoms with Crippen LogP contribution in [0.4, 0.5) is 8.78 Å². The van der Waals surface area contributed by atoms with Gasteiger partial charge in [0.15, 0.2) is 0 Å². The predicted molar refractivity (Wildman–Crippen MR) is 69.2 cm³/mol. The zero-order valence-electron chi connectivity index (χ0n) is 10.2. The summed E-state index contributed by atoms with van der Waals surface area (Å²) < 4.78 is 26.2. The number of nitrogens with one attached hydrogen (secondary N) is 1. The van der Waals surface area contributed by atoms with Gasteiger partial charge >= 0.3 is 0 Å². The van der Waals surface area contributed by atoms with Crippen molar-refractivity contribution < 1.29 is 8.78 Å². The molecule has 18 heavy (non-hydrogen) atoms. The zero-order valence-corrected chi connectivity index (χ0v) is 10.2. The van der Waals surface area contributed by atoms with E-state index < -0.39 is 11.6 Å². The van der Waals surface area contributed by atoms with E-state index in [-0.39, 0.29) is 0 Å². The van der Waals surface area contributed by atoms with Gasteiger partial charge < -0.3 is 5.32 Å². The molecule has 2 aromatic carbocycles. The summed E-state index contributed by atoms with van der Waals surface area (Å²) in [6, 6.07) is 11.2. The molecule has 94 valence electrons. The molecule has 0 saturated carbocycles. The van der Waals surface area contributed by atoms with Gasteiger partial charge in [-0.15, -0.1) is 0 Å². The molecule has 2 aromatic rings. The van der Waals surface area contributed by atoms with Gasteiger partial charge in [-0.2, -0.15) is 0 Å². The average molecular weight is 247 g/mol. The van der Waals surface area contributed by atoms with Crippen LogP contribution >= 0.6 is 0 Å². The molecule has 0 fully saturated rings. The second-order valence-corrected chi connectivity index (χ2v) is 4.14. The Morgan fingerprint density at radius 1 is 0.889 bits per heavy atom. The van der Waals surface area contributed by atoms with Gasteiger partial charge in [0, 0.05) is 12.6 Å². The van der Waals surface area contributed by atoms with Crippen molar-refractivity contribution in [2.24, 2.45) is 0 Å². The van der Waals surface area contributed by atoms with Crippen molar-refractivity contribution in [2.45, 2.75) is 13.5 Å². The molecular weight excluding hydrogens is 232 g/mol. The lowest BCUT2D eigenvalue weighted by atomic mass is 10.0. The minimum absolute atomic E-state index is 0.554. The molecule has 0 aliphatic rings. The number of rotatable bonds is 4. The molecule has 1 N–H and O–H groups in total. The average Bonchev–Trinajstić information content (AvgIpc) is 2.36. The van der Waals surface area contributed by atoms with Gasteiger partial charge in [0.25, 0.3) is 0 Å². The van der Waals surface area contributed by atoms with Crippen molar-refractivity contribution in [3.63, 3.8) is 0 Å². The van der Waals surface area contributed by atoms with Crippen LogP contribution in [0.15, 0.2) is 42.5 Å². The van der Waals surface area contributed by atoms with Crippen LogP contribution in [0.5, 0.6) is 0 Å². The first kappa shape index (κ1) is 12.7. The summed E-state index contributed by atoms with van der Waals surface area (Å²) >= 11 is 0. The van der Waals surface area contributed by atoms with Crippen molar-refractivity contribution >= 4 is 0 Å². The second kappa shape index (κ2) is 5.74. The maximum Gasteiger partial charge on any atom is 0.126 e. The van der Waals surface area contributed by atoms with E-state index in [0.29, 0.717) is 5.56 Å². The SMILES string of the molecule is CCNCc1ccc(-c2cc(F)cc(F)c2)cc1. The summed E-state index contributed by atoms with van der Waals surface area (Å²) in [6.07, 6.45) is 0. The van der Waals surface area contributed by atoms with Crippen LogP contribution in [0.3, 0.4) is 0 Å². The van der Waals surface area contributed by atoms with E-state index in [1.807, 2.05) is 31.2 Å². The lowest BCUT2D eigenvalue weighted by Gasteiger charge is -2.05. The maximum atomic E-state index is 13.1. The molecule has 1 nitrogen and oxygen atoms in total. The molecule has 0 heterocycles. The molecule has 0 atom stereocenters. The van der Waals surface area contributed by atoms with Crippen molar-refractivity contribution in [3.05, 3.63) is 59.7 Å². The minimum Gasteiger partial charge on any atom is -0.313 e. The highest BCUT2D eigenvalue weighted by Crippen LogP contribution is 2.22. The van der Waals surface area contributed by atoms with Crippen LogP contribution in [-0.2, 0) is 6.54 Å². The molecule has 0 aliphatic heterocycles. The molecule has 0 bridgehead atoms. The van der Waals surface area contributed by atoms with Crippen molar-refractivity contribution in [3.8, 4) is 11.1 Å². The summed E-state index contributed by atoms with van der Waals surface area (Å²) in [4.78, 5) is 0. The number of halogens is 2. The fourth-order valence-corrected chi connectivity index (χ4v) is 1.80. The molecule has 2 rings (SSSR count). The topological polar surface area (TPSA) is 12.0 Å². The third kappa shape index (κ3) is 3.14. The quantitative estimate of drug-likeness (QED) is 0.867. The first-order chi connectivity index (χ1) is 8.69. The molecule has 0 amide bonds. The van der Waals surface area contributed by atoms with Gasteiger partial charge in [0.1, 0.15) is 11.6 Å². The summed E-state index contributed by atoms with van der Waals surface area (Å²) in [5, 5.41) is 3.22. The fraction of sp³-hybridized carbons (Fsp3) is 0.200. The van der Waals surface area contributed by atoms with E-state index in [1.165, 1.54) is 12.1 Å². The monoisotopic (exact) mass is 247 g/mol. The Kier molecular flexibility index (Phi) is 4.05. The van der Waals surface area contributed by atoms with Crippen LogP contribution in [0.1, 0.15) is 12.5 Å². The Balaban J connectivity index is 2.23. The largest absolute Gasteiger partial charge is 0.313 e. The number of hydrogen-bond donors (Lipinski definition) is 1. The zero-order chi connectivity index (χ0) is 13.0. The van der Waals surface area contributed by atoms with Gasteiger partial charge in [-0.05, 0) is 35.4 Å². The van der Waals surface area contributed by atoms with Gasteiger partial charge in [0.05, 0.1) is 0 Å². The van der Waals surface area contributed by atoms with Gasteiger partial charge in [0.2, 0.25) is 0 Å². The van der Waals surface area contributed by atoms with E-state index in [2.05, 4.69) is 5.32 Å². The molecule has 3 heteroatoms. The smallest absolute Gasteiger partial charge is 0.126 e. The Bertz CT molecular complexity index is 500. The molecule has 0 aromatic heterocycles. The van der Waals surface area contributed by atoms with Crippen LogP contribution in [0.25, 0.3) is 11.1 Å². The standard InChI is InChI=1S/C15H15F2N/c1-2-18-10-11-3-5-12(6-4-11)13-7-14(16)9-15(17)8-13/h3-9,18H,2,10H2,1H3. The van der Waals surface area contributed by atoms with Gasteiger partial charge in [-0.1, -0.05) is 31.2 Å². The maximum absolute atomic E-state index is 13.1. The molecule has 0 spiro atoms. The highest BCUT2D eigenvalue weighted by molar-refractivity contribution is 5.63. The first-order valence-electron chi connectivity index (χ1n) is 5.95. The molecule has 0 radical (unpaired) electrons. The summed E-state index contributed by atoms with van der Waals surface area (Å²) in [5.41, 5.74) is 2.52. The van der Waals surface area contributed by atoms with Crippen LogP contribution in [0.2, 0.25) is 0 Å².